The van der Waals surface area contributed by atoms with E-state index in [-0.39, 0.29) is 0 Å². The average molecular weight is 212 g/mol. The van der Waals surface area contributed by atoms with Crippen LogP contribution < -0.4 is 11.1 Å². The van der Waals surface area contributed by atoms with Gasteiger partial charge in [-0.2, -0.15) is 0 Å². The molecule has 0 amide bonds. The quantitative estimate of drug-likeness (QED) is 0.703. The summed E-state index contributed by atoms with van der Waals surface area (Å²) in [5.74, 6) is 0.921. The van der Waals surface area contributed by atoms with E-state index >= 15 is 0 Å². The molecule has 0 aliphatic heterocycles. The topological polar surface area (TPSA) is 38.0 Å². The van der Waals surface area contributed by atoms with Gasteiger partial charge in [-0.15, -0.1) is 0 Å². The highest BCUT2D eigenvalue weighted by Crippen LogP contribution is 2.37. The summed E-state index contributed by atoms with van der Waals surface area (Å²) in [5, 5.41) is 3.61. The fourth-order valence-corrected chi connectivity index (χ4v) is 2.57. The lowest BCUT2D eigenvalue weighted by Gasteiger charge is -2.37. The number of hydrogen-bond acceptors (Lipinski definition) is 2. The molecule has 0 aromatic carbocycles. The summed E-state index contributed by atoms with van der Waals surface area (Å²) in [5.41, 5.74) is 5.99. The SMILES string of the molecule is CC(C)(C)C1CCC(NCCCN)CC1. The van der Waals surface area contributed by atoms with Gasteiger partial charge in [0.2, 0.25) is 0 Å². The molecule has 0 bridgehead atoms. The number of nitrogens with one attached hydrogen (secondary N) is 1. The Bertz CT molecular complexity index is 164. The van der Waals surface area contributed by atoms with Crippen LogP contribution in [-0.2, 0) is 0 Å². The molecule has 2 nitrogen and oxygen atoms in total. The minimum atomic E-state index is 0.502. The predicted octanol–water partition coefficient (Wildman–Crippen LogP) is 2.53. The maximum atomic E-state index is 5.48. The van der Waals surface area contributed by atoms with Crippen molar-refractivity contribution in [2.75, 3.05) is 13.1 Å². The molecule has 3 N–H and O–H groups in total. The van der Waals surface area contributed by atoms with E-state index in [9.17, 15) is 0 Å². The van der Waals surface area contributed by atoms with E-state index in [1.54, 1.807) is 0 Å². The molecular weight excluding hydrogens is 184 g/mol. The number of hydrogen-bond donors (Lipinski definition) is 2. The van der Waals surface area contributed by atoms with Crippen molar-refractivity contribution in [2.24, 2.45) is 17.1 Å². The molecule has 1 aliphatic carbocycles. The third-order valence-corrected chi connectivity index (χ3v) is 3.77. The van der Waals surface area contributed by atoms with Crippen molar-refractivity contribution >= 4 is 0 Å². The molecule has 0 saturated heterocycles. The van der Waals surface area contributed by atoms with Gasteiger partial charge >= 0.3 is 0 Å². The molecule has 0 spiro atoms. The van der Waals surface area contributed by atoms with Crippen molar-refractivity contribution in [3.05, 3.63) is 0 Å². The van der Waals surface area contributed by atoms with Gasteiger partial charge in [0, 0.05) is 6.04 Å². The molecule has 1 fully saturated rings. The van der Waals surface area contributed by atoms with Crippen molar-refractivity contribution < 1.29 is 0 Å². The first-order chi connectivity index (χ1) is 7.04. The summed E-state index contributed by atoms with van der Waals surface area (Å²) in [7, 11) is 0. The summed E-state index contributed by atoms with van der Waals surface area (Å²) in [6.45, 7) is 9.03. The molecule has 90 valence electrons. The zero-order chi connectivity index (χ0) is 11.3. The lowest BCUT2D eigenvalue weighted by atomic mass is 9.71. The molecule has 1 rings (SSSR count). The summed E-state index contributed by atoms with van der Waals surface area (Å²) in [4.78, 5) is 0. The third kappa shape index (κ3) is 4.52. The van der Waals surface area contributed by atoms with E-state index in [4.69, 9.17) is 5.73 Å². The van der Waals surface area contributed by atoms with Gasteiger partial charge in [-0.3, -0.25) is 0 Å². The van der Waals surface area contributed by atoms with E-state index in [1.165, 1.54) is 25.7 Å². The van der Waals surface area contributed by atoms with Crippen LogP contribution in [0.5, 0.6) is 0 Å². The minimum absolute atomic E-state index is 0.502. The van der Waals surface area contributed by atoms with Crippen LogP contribution in [0.1, 0.15) is 52.9 Å². The Morgan fingerprint density at radius 2 is 1.73 bits per heavy atom. The largest absolute Gasteiger partial charge is 0.330 e. The molecule has 0 radical (unpaired) electrons. The Morgan fingerprint density at radius 3 is 2.20 bits per heavy atom. The van der Waals surface area contributed by atoms with Crippen LogP contribution in [0.2, 0.25) is 0 Å². The highest BCUT2D eigenvalue weighted by atomic mass is 14.9. The van der Waals surface area contributed by atoms with Crippen molar-refractivity contribution in [1.82, 2.24) is 5.32 Å². The monoisotopic (exact) mass is 212 g/mol. The van der Waals surface area contributed by atoms with Crippen LogP contribution in [0.15, 0.2) is 0 Å². The number of nitrogens with two attached hydrogens (primary N) is 1. The predicted molar refractivity (Wildman–Crippen MR) is 66.9 cm³/mol. The summed E-state index contributed by atoms with van der Waals surface area (Å²) in [6.07, 6.45) is 6.60. The maximum absolute atomic E-state index is 5.48. The fourth-order valence-electron chi connectivity index (χ4n) is 2.57. The first-order valence-corrected chi connectivity index (χ1v) is 6.47. The molecule has 0 aromatic heterocycles. The third-order valence-electron chi connectivity index (χ3n) is 3.77. The zero-order valence-electron chi connectivity index (χ0n) is 10.7. The van der Waals surface area contributed by atoms with Gasteiger partial charge in [-0.1, -0.05) is 20.8 Å². The molecule has 0 unspecified atom stereocenters. The van der Waals surface area contributed by atoms with Crippen LogP contribution in [0.25, 0.3) is 0 Å². The molecule has 0 heterocycles. The van der Waals surface area contributed by atoms with E-state index in [0.717, 1.165) is 31.5 Å². The summed E-state index contributed by atoms with van der Waals surface area (Å²) < 4.78 is 0. The van der Waals surface area contributed by atoms with Gasteiger partial charge in [0.05, 0.1) is 0 Å². The average Bonchev–Trinajstić information content (AvgIpc) is 2.18. The fraction of sp³-hybridized carbons (Fsp3) is 1.00. The van der Waals surface area contributed by atoms with Gasteiger partial charge in [0.25, 0.3) is 0 Å². The molecule has 2 heteroatoms. The maximum Gasteiger partial charge on any atom is 0.00672 e. The molecule has 1 aliphatic rings. The van der Waals surface area contributed by atoms with Gasteiger partial charge in [-0.05, 0) is 56.5 Å². The first-order valence-electron chi connectivity index (χ1n) is 6.47. The van der Waals surface area contributed by atoms with Gasteiger partial charge in [0.15, 0.2) is 0 Å². The highest BCUT2D eigenvalue weighted by molar-refractivity contribution is 4.83. The van der Waals surface area contributed by atoms with E-state index < -0.39 is 0 Å². The van der Waals surface area contributed by atoms with Crippen molar-refractivity contribution in [2.45, 2.75) is 58.9 Å². The second-order valence-electron chi connectivity index (χ2n) is 6.01. The summed E-state index contributed by atoms with van der Waals surface area (Å²) >= 11 is 0. The lowest BCUT2D eigenvalue weighted by molar-refractivity contribution is 0.160. The van der Waals surface area contributed by atoms with Crippen LogP contribution >= 0.6 is 0 Å². The Hall–Kier alpha value is -0.0800. The second-order valence-corrected chi connectivity index (χ2v) is 6.01. The van der Waals surface area contributed by atoms with Crippen LogP contribution in [-0.4, -0.2) is 19.1 Å². The van der Waals surface area contributed by atoms with Gasteiger partial charge in [0.1, 0.15) is 0 Å². The van der Waals surface area contributed by atoms with E-state index in [1.807, 2.05) is 0 Å². The molecular formula is C13H28N2. The second kappa shape index (κ2) is 5.86. The lowest BCUT2D eigenvalue weighted by Crippen LogP contribution is -2.37. The normalized spacial score (nSPS) is 28.0. The highest BCUT2D eigenvalue weighted by Gasteiger charge is 2.29. The number of rotatable bonds is 4. The minimum Gasteiger partial charge on any atom is -0.330 e. The Balaban J connectivity index is 2.18. The van der Waals surface area contributed by atoms with Crippen molar-refractivity contribution in [3.63, 3.8) is 0 Å². The standard InChI is InChI=1S/C13H28N2/c1-13(2,3)11-5-7-12(8-6-11)15-10-4-9-14/h11-12,15H,4-10,14H2,1-3H3. The smallest absolute Gasteiger partial charge is 0.00672 e. The van der Waals surface area contributed by atoms with Gasteiger partial charge < -0.3 is 11.1 Å². The van der Waals surface area contributed by atoms with Crippen LogP contribution in [0.4, 0.5) is 0 Å². The molecule has 0 atom stereocenters. The van der Waals surface area contributed by atoms with Crippen molar-refractivity contribution in [3.8, 4) is 0 Å². The first kappa shape index (κ1) is 13.0. The molecule has 0 aromatic rings. The van der Waals surface area contributed by atoms with E-state index in [2.05, 4.69) is 26.1 Å². The Labute approximate surface area is 95.0 Å². The molecule has 15 heavy (non-hydrogen) atoms. The van der Waals surface area contributed by atoms with Crippen LogP contribution in [0.3, 0.4) is 0 Å². The van der Waals surface area contributed by atoms with E-state index in [0.29, 0.717) is 5.41 Å². The Morgan fingerprint density at radius 1 is 1.13 bits per heavy atom. The van der Waals surface area contributed by atoms with Crippen LogP contribution in [0, 0.1) is 11.3 Å². The summed E-state index contributed by atoms with van der Waals surface area (Å²) in [6, 6.07) is 0.759. The van der Waals surface area contributed by atoms with Gasteiger partial charge in [-0.25, -0.2) is 0 Å². The molecule has 1 saturated carbocycles. The van der Waals surface area contributed by atoms with Crippen molar-refractivity contribution in [1.29, 1.82) is 0 Å². The Kier molecular flexibility index (Phi) is 5.07. The zero-order valence-corrected chi connectivity index (χ0v) is 10.7.